The Morgan fingerprint density at radius 3 is 2.83 bits per heavy atom. The summed E-state index contributed by atoms with van der Waals surface area (Å²) in [5, 5.41) is 16.2. The van der Waals surface area contributed by atoms with Crippen molar-refractivity contribution >= 4 is 44.4 Å². The first-order valence-electron chi connectivity index (χ1n) is 6.99. The monoisotopic (exact) mass is 397 g/mol. The number of aromatic nitrogens is 1. The van der Waals surface area contributed by atoms with E-state index in [-0.39, 0.29) is 12.5 Å². The lowest BCUT2D eigenvalue weighted by molar-refractivity contribution is -0.137. The number of nitrogens with one attached hydrogen (secondary N) is 2. The van der Waals surface area contributed by atoms with E-state index in [4.69, 9.17) is 5.11 Å². The molecule has 1 heterocycles. The van der Waals surface area contributed by atoms with E-state index in [1.54, 1.807) is 0 Å². The largest absolute Gasteiger partial charge is 0.481 e. The average molecular weight is 398 g/mol. The Morgan fingerprint density at radius 1 is 1.30 bits per heavy atom. The SMILES string of the molecule is O=C(O)CCCNC(=O)Nc1nc(Cc2ccccc2Br)cs1. The molecule has 0 bridgehead atoms. The van der Waals surface area contributed by atoms with Crippen LogP contribution in [0.1, 0.15) is 24.1 Å². The zero-order chi connectivity index (χ0) is 16.7. The highest BCUT2D eigenvalue weighted by Gasteiger charge is 2.08. The fourth-order valence-corrected chi connectivity index (χ4v) is 3.00. The average Bonchev–Trinajstić information content (AvgIpc) is 2.93. The molecule has 23 heavy (non-hydrogen) atoms. The van der Waals surface area contributed by atoms with Crippen LogP contribution in [0.5, 0.6) is 0 Å². The van der Waals surface area contributed by atoms with Gasteiger partial charge in [0.1, 0.15) is 0 Å². The van der Waals surface area contributed by atoms with Crippen molar-refractivity contribution in [1.29, 1.82) is 0 Å². The highest BCUT2D eigenvalue weighted by atomic mass is 79.9. The second-order valence-electron chi connectivity index (χ2n) is 4.79. The molecular weight excluding hydrogens is 382 g/mol. The number of urea groups is 1. The summed E-state index contributed by atoms with van der Waals surface area (Å²) < 4.78 is 1.03. The molecule has 122 valence electrons. The van der Waals surface area contributed by atoms with Gasteiger partial charge in [-0.3, -0.25) is 10.1 Å². The van der Waals surface area contributed by atoms with Crippen LogP contribution >= 0.6 is 27.3 Å². The Kier molecular flexibility index (Phi) is 6.54. The molecule has 0 aliphatic heterocycles. The predicted octanol–water partition coefficient (Wildman–Crippen LogP) is 3.48. The van der Waals surface area contributed by atoms with Crippen LogP contribution in [-0.2, 0) is 11.2 Å². The summed E-state index contributed by atoms with van der Waals surface area (Å²) in [5.41, 5.74) is 2.01. The van der Waals surface area contributed by atoms with Gasteiger partial charge >= 0.3 is 12.0 Å². The van der Waals surface area contributed by atoms with Crippen molar-refractivity contribution in [3.05, 3.63) is 45.4 Å². The number of anilines is 1. The van der Waals surface area contributed by atoms with Gasteiger partial charge in [-0.25, -0.2) is 9.78 Å². The van der Waals surface area contributed by atoms with Gasteiger partial charge < -0.3 is 10.4 Å². The molecule has 0 aliphatic rings. The van der Waals surface area contributed by atoms with Crippen molar-refractivity contribution in [2.75, 3.05) is 11.9 Å². The molecule has 2 amide bonds. The van der Waals surface area contributed by atoms with Crippen LogP contribution in [0.3, 0.4) is 0 Å². The van der Waals surface area contributed by atoms with Gasteiger partial charge in [-0.1, -0.05) is 34.1 Å². The Hall–Kier alpha value is -1.93. The van der Waals surface area contributed by atoms with Gasteiger partial charge in [0.25, 0.3) is 0 Å². The maximum absolute atomic E-state index is 11.7. The molecule has 0 unspecified atom stereocenters. The maximum Gasteiger partial charge on any atom is 0.321 e. The van der Waals surface area contributed by atoms with Crippen molar-refractivity contribution in [3.63, 3.8) is 0 Å². The van der Waals surface area contributed by atoms with Crippen LogP contribution in [-0.4, -0.2) is 28.6 Å². The molecule has 2 rings (SSSR count). The van der Waals surface area contributed by atoms with E-state index in [1.165, 1.54) is 11.3 Å². The maximum atomic E-state index is 11.7. The van der Waals surface area contributed by atoms with Gasteiger partial charge in [-0.05, 0) is 18.1 Å². The second-order valence-corrected chi connectivity index (χ2v) is 6.50. The first-order chi connectivity index (χ1) is 11.0. The molecule has 0 spiro atoms. The van der Waals surface area contributed by atoms with Crippen LogP contribution in [0.15, 0.2) is 34.1 Å². The summed E-state index contributed by atoms with van der Waals surface area (Å²) in [7, 11) is 0. The molecule has 0 fully saturated rings. The lowest BCUT2D eigenvalue weighted by atomic mass is 10.1. The minimum absolute atomic E-state index is 0.0354. The summed E-state index contributed by atoms with van der Waals surface area (Å²) in [6.45, 7) is 0.313. The molecule has 3 N–H and O–H groups in total. The number of hydrogen-bond donors (Lipinski definition) is 3. The molecule has 8 heteroatoms. The minimum Gasteiger partial charge on any atom is -0.481 e. The molecule has 6 nitrogen and oxygen atoms in total. The molecule has 2 aromatic rings. The van der Waals surface area contributed by atoms with E-state index in [2.05, 4.69) is 31.5 Å². The van der Waals surface area contributed by atoms with Gasteiger partial charge in [-0.2, -0.15) is 0 Å². The van der Waals surface area contributed by atoms with Gasteiger partial charge in [0, 0.05) is 29.2 Å². The summed E-state index contributed by atoms with van der Waals surface area (Å²) in [6.07, 6.45) is 1.11. The third-order valence-electron chi connectivity index (χ3n) is 2.95. The normalized spacial score (nSPS) is 10.3. The van der Waals surface area contributed by atoms with Gasteiger partial charge in [0.2, 0.25) is 0 Å². The first-order valence-corrected chi connectivity index (χ1v) is 8.66. The van der Waals surface area contributed by atoms with Crippen LogP contribution in [0.4, 0.5) is 9.93 Å². The number of aliphatic carboxylic acids is 1. The summed E-state index contributed by atoms with van der Waals surface area (Å²) >= 11 is 4.85. The van der Waals surface area contributed by atoms with Gasteiger partial charge in [-0.15, -0.1) is 11.3 Å². The van der Waals surface area contributed by atoms with E-state index in [0.29, 0.717) is 24.5 Å². The number of nitrogens with zero attached hydrogens (tertiary/aromatic N) is 1. The molecular formula is C15H16BrN3O3S. The van der Waals surface area contributed by atoms with Gasteiger partial charge in [0.05, 0.1) is 5.69 Å². The van der Waals surface area contributed by atoms with E-state index in [1.807, 2.05) is 29.6 Å². The fourth-order valence-electron chi connectivity index (χ4n) is 1.87. The van der Waals surface area contributed by atoms with Crippen molar-refractivity contribution in [2.45, 2.75) is 19.3 Å². The number of carbonyl (C=O) groups is 2. The predicted molar refractivity (Wildman–Crippen MR) is 93.0 cm³/mol. The first kappa shape index (κ1) is 17.4. The van der Waals surface area contributed by atoms with Crippen LogP contribution < -0.4 is 10.6 Å². The quantitative estimate of drug-likeness (QED) is 0.623. The lowest BCUT2D eigenvalue weighted by Gasteiger charge is -2.04. The third-order valence-corrected chi connectivity index (χ3v) is 4.53. The van der Waals surface area contributed by atoms with Crippen LogP contribution in [0.2, 0.25) is 0 Å². The molecule has 1 aromatic heterocycles. The topological polar surface area (TPSA) is 91.3 Å². The number of amides is 2. The number of halogens is 1. The third kappa shape index (κ3) is 5.99. The minimum atomic E-state index is -0.871. The number of hydrogen-bond acceptors (Lipinski definition) is 4. The van der Waals surface area contributed by atoms with Gasteiger partial charge in [0.15, 0.2) is 5.13 Å². The Bertz CT molecular complexity index is 690. The van der Waals surface area contributed by atoms with Crippen molar-refractivity contribution < 1.29 is 14.7 Å². The smallest absolute Gasteiger partial charge is 0.321 e. The van der Waals surface area contributed by atoms with E-state index >= 15 is 0 Å². The van der Waals surface area contributed by atoms with Crippen molar-refractivity contribution in [3.8, 4) is 0 Å². The molecule has 0 saturated carbocycles. The van der Waals surface area contributed by atoms with Crippen LogP contribution in [0, 0.1) is 0 Å². The van der Waals surface area contributed by atoms with E-state index in [9.17, 15) is 9.59 Å². The zero-order valence-corrected chi connectivity index (χ0v) is 14.6. The summed E-state index contributed by atoms with van der Waals surface area (Å²) in [4.78, 5) is 26.4. The standard InChI is InChI=1S/C15H16BrN3O3S/c16-12-5-2-1-4-10(12)8-11-9-23-15(18-11)19-14(22)17-7-3-6-13(20)21/h1-2,4-5,9H,3,6-8H2,(H,20,21)(H2,17,18,19,22). The molecule has 1 aromatic carbocycles. The number of benzene rings is 1. The summed E-state index contributed by atoms with van der Waals surface area (Å²) in [6, 6.07) is 7.54. The zero-order valence-electron chi connectivity index (χ0n) is 12.2. The highest BCUT2D eigenvalue weighted by Crippen LogP contribution is 2.22. The number of rotatable bonds is 7. The highest BCUT2D eigenvalue weighted by molar-refractivity contribution is 9.10. The Labute approximate surface area is 146 Å². The molecule has 0 saturated heterocycles. The Balaban J connectivity index is 1.81. The van der Waals surface area contributed by atoms with Crippen molar-refractivity contribution in [2.24, 2.45) is 0 Å². The number of carboxylic acids is 1. The summed E-state index contributed by atoms with van der Waals surface area (Å²) in [5.74, 6) is -0.871. The molecule has 0 aliphatic carbocycles. The Morgan fingerprint density at radius 2 is 2.09 bits per heavy atom. The lowest BCUT2D eigenvalue weighted by Crippen LogP contribution is -2.29. The van der Waals surface area contributed by atoms with Crippen molar-refractivity contribution in [1.82, 2.24) is 10.3 Å². The molecule has 0 atom stereocenters. The van der Waals surface area contributed by atoms with Crippen LogP contribution in [0.25, 0.3) is 0 Å². The molecule has 0 radical (unpaired) electrons. The van der Waals surface area contributed by atoms with E-state index in [0.717, 1.165) is 15.7 Å². The number of carbonyl (C=O) groups excluding carboxylic acids is 1. The number of carboxylic acid groups (broad SMARTS) is 1. The second kappa shape index (κ2) is 8.64. The number of thiazole rings is 1. The van der Waals surface area contributed by atoms with E-state index < -0.39 is 5.97 Å². The fraction of sp³-hybridized carbons (Fsp3) is 0.267.